The highest BCUT2D eigenvalue weighted by Crippen LogP contribution is 2.19. The third-order valence-corrected chi connectivity index (χ3v) is 3.72. The maximum Gasteiger partial charge on any atom is 0.193 e. The first-order chi connectivity index (χ1) is 11.1. The van der Waals surface area contributed by atoms with E-state index in [1.54, 1.807) is 24.3 Å². The fraction of sp³-hybridized carbons (Fsp3) is 0.158. The summed E-state index contributed by atoms with van der Waals surface area (Å²) in [6.07, 6.45) is 0. The van der Waals surface area contributed by atoms with E-state index in [9.17, 15) is 4.79 Å². The molecule has 0 spiro atoms. The van der Waals surface area contributed by atoms with Crippen molar-refractivity contribution in [1.82, 2.24) is 5.16 Å². The van der Waals surface area contributed by atoms with Gasteiger partial charge in [0.05, 0.1) is 11.3 Å². The lowest BCUT2D eigenvalue weighted by atomic mass is 10.0. The predicted octanol–water partition coefficient (Wildman–Crippen LogP) is 4.10. The molecule has 0 N–H and O–H groups in total. The van der Waals surface area contributed by atoms with Gasteiger partial charge < -0.3 is 9.26 Å². The molecule has 0 saturated carbocycles. The van der Waals surface area contributed by atoms with Crippen LogP contribution in [0, 0.1) is 13.8 Å². The Kier molecular flexibility index (Phi) is 4.24. The highest BCUT2D eigenvalue weighted by Gasteiger charge is 2.11. The molecular weight excluding hydrogens is 290 g/mol. The Balaban J connectivity index is 1.69. The zero-order valence-corrected chi connectivity index (χ0v) is 13.1. The minimum absolute atomic E-state index is 0.00266. The number of benzene rings is 2. The molecule has 4 heteroatoms. The molecule has 0 fully saturated rings. The smallest absolute Gasteiger partial charge is 0.193 e. The fourth-order valence-electron chi connectivity index (χ4n) is 2.32. The first-order valence-corrected chi connectivity index (χ1v) is 7.39. The maximum absolute atomic E-state index is 12.3. The summed E-state index contributed by atoms with van der Waals surface area (Å²) in [7, 11) is 0. The molecule has 0 amide bonds. The highest BCUT2D eigenvalue weighted by molar-refractivity contribution is 6.08. The van der Waals surface area contributed by atoms with E-state index in [0.717, 1.165) is 17.0 Å². The molecule has 23 heavy (non-hydrogen) atoms. The van der Waals surface area contributed by atoms with Crippen molar-refractivity contribution in [2.45, 2.75) is 20.5 Å². The Morgan fingerprint density at radius 3 is 2.26 bits per heavy atom. The summed E-state index contributed by atoms with van der Waals surface area (Å²) >= 11 is 0. The molecule has 0 atom stereocenters. The van der Waals surface area contributed by atoms with Gasteiger partial charge in [-0.05, 0) is 38.1 Å². The second-order valence-corrected chi connectivity index (χ2v) is 5.31. The summed E-state index contributed by atoms with van der Waals surface area (Å²) < 4.78 is 10.8. The normalized spacial score (nSPS) is 10.5. The first kappa shape index (κ1) is 15.0. The van der Waals surface area contributed by atoms with E-state index < -0.39 is 0 Å². The molecule has 0 saturated heterocycles. The lowest BCUT2D eigenvalue weighted by Crippen LogP contribution is -2.01. The van der Waals surface area contributed by atoms with E-state index in [0.29, 0.717) is 23.5 Å². The second kappa shape index (κ2) is 6.48. The molecule has 1 heterocycles. The topological polar surface area (TPSA) is 52.3 Å². The lowest BCUT2D eigenvalue weighted by molar-refractivity contribution is 0.103. The van der Waals surface area contributed by atoms with Gasteiger partial charge in [-0.1, -0.05) is 35.5 Å². The molecular formula is C19H17NO3. The largest absolute Gasteiger partial charge is 0.489 e. The highest BCUT2D eigenvalue weighted by atomic mass is 16.5. The molecule has 1 aromatic heterocycles. The van der Waals surface area contributed by atoms with Crippen LogP contribution in [0.4, 0.5) is 0 Å². The molecule has 0 unspecified atom stereocenters. The number of ether oxygens (including phenoxy) is 1. The van der Waals surface area contributed by atoms with Crippen molar-refractivity contribution in [3.8, 4) is 5.75 Å². The molecule has 0 aliphatic rings. The average Bonchev–Trinajstić information content (AvgIpc) is 2.92. The molecule has 0 bridgehead atoms. The molecule has 0 radical (unpaired) electrons. The molecule has 3 rings (SSSR count). The number of carbonyl (C=O) groups is 1. The minimum atomic E-state index is 0.00266. The van der Waals surface area contributed by atoms with Crippen LogP contribution in [-0.2, 0) is 6.61 Å². The minimum Gasteiger partial charge on any atom is -0.489 e. The van der Waals surface area contributed by atoms with Gasteiger partial charge in [-0.2, -0.15) is 0 Å². The predicted molar refractivity (Wildman–Crippen MR) is 86.6 cm³/mol. The molecule has 2 aromatic carbocycles. The van der Waals surface area contributed by atoms with Crippen LogP contribution >= 0.6 is 0 Å². The van der Waals surface area contributed by atoms with Gasteiger partial charge >= 0.3 is 0 Å². The summed E-state index contributed by atoms with van der Waals surface area (Å²) in [6.45, 7) is 4.14. The van der Waals surface area contributed by atoms with Crippen LogP contribution in [-0.4, -0.2) is 10.9 Å². The summed E-state index contributed by atoms with van der Waals surface area (Å²) in [5.74, 6) is 1.47. The van der Waals surface area contributed by atoms with Crippen LogP contribution in [0.2, 0.25) is 0 Å². The zero-order valence-electron chi connectivity index (χ0n) is 13.1. The molecule has 0 aliphatic heterocycles. The number of aryl methyl sites for hydroxylation is 2. The Bertz CT molecular complexity index is 785. The Hall–Kier alpha value is -2.88. The van der Waals surface area contributed by atoms with Crippen LogP contribution in [0.1, 0.15) is 32.9 Å². The summed E-state index contributed by atoms with van der Waals surface area (Å²) in [6, 6.07) is 16.4. The summed E-state index contributed by atoms with van der Waals surface area (Å²) in [4.78, 5) is 12.3. The van der Waals surface area contributed by atoms with Crippen molar-refractivity contribution < 1.29 is 14.1 Å². The molecule has 3 aromatic rings. The van der Waals surface area contributed by atoms with Gasteiger partial charge in [0.2, 0.25) is 0 Å². The van der Waals surface area contributed by atoms with Crippen LogP contribution in [0.5, 0.6) is 5.75 Å². The van der Waals surface area contributed by atoms with Crippen LogP contribution < -0.4 is 4.74 Å². The van der Waals surface area contributed by atoms with E-state index in [-0.39, 0.29) is 5.78 Å². The van der Waals surface area contributed by atoms with Gasteiger partial charge in [0.1, 0.15) is 18.1 Å². The average molecular weight is 307 g/mol. The van der Waals surface area contributed by atoms with Crippen molar-refractivity contribution in [3.63, 3.8) is 0 Å². The number of hydrogen-bond donors (Lipinski definition) is 0. The van der Waals surface area contributed by atoms with Gasteiger partial charge in [-0.25, -0.2) is 0 Å². The maximum atomic E-state index is 12.3. The van der Waals surface area contributed by atoms with Crippen molar-refractivity contribution >= 4 is 5.78 Å². The van der Waals surface area contributed by atoms with Gasteiger partial charge in [-0.15, -0.1) is 0 Å². The Labute approximate surface area is 134 Å². The number of carbonyl (C=O) groups excluding carboxylic acids is 1. The standard InChI is InChI=1S/C19H17NO3/c1-13-18(14(2)23-20-13)12-22-17-10-8-16(9-11-17)19(21)15-6-4-3-5-7-15/h3-11H,12H2,1-2H3. The van der Waals surface area contributed by atoms with E-state index in [1.165, 1.54) is 0 Å². The van der Waals surface area contributed by atoms with Gasteiger partial charge in [0.25, 0.3) is 0 Å². The van der Waals surface area contributed by atoms with E-state index in [4.69, 9.17) is 9.26 Å². The van der Waals surface area contributed by atoms with Crippen LogP contribution in [0.25, 0.3) is 0 Å². The van der Waals surface area contributed by atoms with Crippen LogP contribution in [0.15, 0.2) is 59.1 Å². The second-order valence-electron chi connectivity index (χ2n) is 5.31. The van der Waals surface area contributed by atoms with Crippen molar-refractivity contribution in [2.75, 3.05) is 0 Å². The number of aromatic nitrogens is 1. The molecule has 116 valence electrons. The number of hydrogen-bond acceptors (Lipinski definition) is 4. The van der Waals surface area contributed by atoms with E-state index >= 15 is 0 Å². The fourth-order valence-corrected chi connectivity index (χ4v) is 2.32. The number of rotatable bonds is 5. The summed E-state index contributed by atoms with van der Waals surface area (Å²) in [5.41, 5.74) is 3.10. The molecule has 0 aliphatic carbocycles. The third kappa shape index (κ3) is 3.31. The quantitative estimate of drug-likeness (QED) is 0.666. The Morgan fingerprint density at radius 2 is 1.65 bits per heavy atom. The summed E-state index contributed by atoms with van der Waals surface area (Å²) in [5, 5.41) is 3.90. The van der Waals surface area contributed by atoms with E-state index in [2.05, 4.69) is 5.16 Å². The molecule has 4 nitrogen and oxygen atoms in total. The zero-order chi connectivity index (χ0) is 16.2. The SMILES string of the molecule is Cc1noc(C)c1COc1ccc(C(=O)c2ccccc2)cc1. The lowest BCUT2D eigenvalue weighted by Gasteiger charge is -2.07. The monoisotopic (exact) mass is 307 g/mol. The van der Waals surface area contributed by atoms with Crippen LogP contribution in [0.3, 0.4) is 0 Å². The van der Waals surface area contributed by atoms with E-state index in [1.807, 2.05) is 44.2 Å². The number of nitrogens with zero attached hydrogens (tertiary/aromatic N) is 1. The van der Waals surface area contributed by atoms with Crippen molar-refractivity contribution in [2.24, 2.45) is 0 Å². The van der Waals surface area contributed by atoms with Gasteiger partial charge in [0, 0.05) is 11.1 Å². The Morgan fingerprint density at radius 1 is 1.00 bits per heavy atom. The van der Waals surface area contributed by atoms with Crippen molar-refractivity contribution in [3.05, 3.63) is 82.7 Å². The number of ketones is 1. The van der Waals surface area contributed by atoms with Gasteiger partial charge in [-0.3, -0.25) is 4.79 Å². The first-order valence-electron chi connectivity index (χ1n) is 7.39. The van der Waals surface area contributed by atoms with Gasteiger partial charge in [0.15, 0.2) is 5.78 Å². The third-order valence-electron chi connectivity index (χ3n) is 3.72. The van der Waals surface area contributed by atoms with Crippen molar-refractivity contribution in [1.29, 1.82) is 0 Å².